The van der Waals surface area contributed by atoms with Gasteiger partial charge in [0.05, 0.1) is 7.11 Å². The maximum atomic E-state index is 5.64. The molecular formula is C13H17BrClN3OS. The third-order valence-electron chi connectivity index (χ3n) is 2.68. The molecule has 1 aromatic heterocycles. The lowest BCUT2D eigenvalue weighted by atomic mass is 10.2. The molecule has 0 unspecified atom stereocenters. The predicted octanol–water partition coefficient (Wildman–Crippen LogP) is 3.55. The number of nitrogens with zero attached hydrogens (tertiary/aromatic N) is 2. The Morgan fingerprint density at radius 3 is 2.75 bits per heavy atom. The third kappa shape index (κ3) is 4.63. The van der Waals surface area contributed by atoms with Crippen molar-refractivity contribution < 1.29 is 4.74 Å². The van der Waals surface area contributed by atoms with E-state index < -0.39 is 0 Å². The molecule has 2 N–H and O–H groups in total. The lowest BCUT2D eigenvalue weighted by Crippen LogP contribution is -2.17. The van der Waals surface area contributed by atoms with Crippen molar-refractivity contribution in [2.75, 3.05) is 19.9 Å². The number of rotatable bonds is 5. The molecule has 0 aliphatic carbocycles. The van der Waals surface area contributed by atoms with Crippen molar-refractivity contribution in [1.82, 2.24) is 9.88 Å². The van der Waals surface area contributed by atoms with E-state index in [0.29, 0.717) is 5.13 Å². The first-order chi connectivity index (χ1) is 9.08. The van der Waals surface area contributed by atoms with Gasteiger partial charge in [0, 0.05) is 34.2 Å². The summed E-state index contributed by atoms with van der Waals surface area (Å²) in [6, 6.07) is 6.03. The molecule has 0 radical (unpaired) electrons. The van der Waals surface area contributed by atoms with Gasteiger partial charge < -0.3 is 10.5 Å². The Bertz CT molecular complexity index is 564. The first-order valence-electron chi connectivity index (χ1n) is 5.79. The molecule has 110 valence electrons. The van der Waals surface area contributed by atoms with Gasteiger partial charge in [-0.2, -0.15) is 0 Å². The molecule has 0 aliphatic rings. The SMILES string of the molecule is COc1ccc(Br)cc1CN(C)Cc1cnc(N)s1.Cl. The average molecular weight is 379 g/mol. The van der Waals surface area contributed by atoms with Crippen molar-refractivity contribution in [2.45, 2.75) is 13.1 Å². The molecule has 4 nitrogen and oxygen atoms in total. The highest BCUT2D eigenvalue weighted by Crippen LogP contribution is 2.25. The monoisotopic (exact) mass is 377 g/mol. The van der Waals surface area contributed by atoms with Crippen LogP contribution in [0.2, 0.25) is 0 Å². The van der Waals surface area contributed by atoms with Crippen LogP contribution in [0, 0.1) is 0 Å². The number of aromatic nitrogens is 1. The van der Waals surface area contributed by atoms with Crippen LogP contribution in [0.5, 0.6) is 5.75 Å². The van der Waals surface area contributed by atoms with Gasteiger partial charge in [-0.05, 0) is 25.2 Å². The van der Waals surface area contributed by atoms with Crippen molar-refractivity contribution in [1.29, 1.82) is 0 Å². The zero-order valence-electron chi connectivity index (χ0n) is 11.3. The Hall–Kier alpha value is -0.820. The van der Waals surface area contributed by atoms with Crippen molar-refractivity contribution >= 4 is 44.8 Å². The lowest BCUT2D eigenvalue weighted by molar-refractivity contribution is 0.312. The van der Waals surface area contributed by atoms with Crippen molar-refractivity contribution in [2.24, 2.45) is 0 Å². The van der Waals surface area contributed by atoms with Gasteiger partial charge in [-0.3, -0.25) is 4.90 Å². The molecule has 0 saturated carbocycles. The third-order valence-corrected chi connectivity index (χ3v) is 3.98. The molecule has 0 aliphatic heterocycles. The minimum Gasteiger partial charge on any atom is -0.496 e. The second-order valence-corrected chi connectivity index (χ2v) is 6.36. The fourth-order valence-electron chi connectivity index (χ4n) is 1.88. The van der Waals surface area contributed by atoms with Crippen LogP contribution < -0.4 is 10.5 Å². The summed E-state index contributed by atoms with van der Waals surface area (Å²) in [5.74, 6) is 0.902. The number of hydrogen-bond donors (Lipinski definition) is 1. The van der Waals surface area contributed by atoms with E-state index in [1.54, 1.807) is 7.11 Å². The van der Waals surface area contributed by atoms with Gasteiger partial charge in [-0.1, -0.05) is 15.9 Å². The highest BCUT2D eigenvalue weighted by molar-refractivity contribution is 9.10. The molecule has 0 saturated heterocycles. The minimum atomic E-state index is 0. The fourth-order valence-corrected chi connectivity index (χ4v) is 3.05. The van der Waals surface area contributed by atoms with E-state index in [1.807, 2.05) is 18.3 Å². The van der Waals surface area contributed by atoms with E-state index in [-0.39, 0.29) is 12.4 Å². The van der Waals surface area contributed by atoms with Crippen LogP contribution >= 0.6 is 39.7 Å². The van der Waals surface area contributed by atoms with Crippen LogP contribution in [0.1, 0.15) is 10.4 Å². The number of halogens is 2. The topological polar surface area (TPSA) is 51.4 Å². The highest BCUT2D eigenvalue weighted by atomic mass is 79.9. The normalized spacial score (nSPS) is 10.4. The molecular weight excluding hydrogens is 362 g/mol. The second kappa shape index (κ2) is 7.83. The Morgan fingerprint density at radius 1 is 1.40 bits per heavy atom. The first-order valence-corrected chi connectivity index (χ1v) is 7.40. The maximum Gasteiger partial charge on any atom is 0.180 e. The highest BCUT2D eigenvalue weighted by Gasteiger charge is 2.09. The van der Waals surface area contributed by atoms with E-state index in [4.69, 9.17) is 10.5 Å². The van der Waals surface area contributed by atoms with Gasteiger partial charge >= 0.3 is 0 Å². The van der Waals surface area contributed by atoms with Crippen LogP contribution in [0.25, 0.3) is 0 Å². The van der Waals surface area contributed by atoms with Crippen molar-refractivity contribution in [3.63, 3.8) is 0 Å². The molecule has 2 aromatic rings. The zero-order chi connectivity index (χ0) is 13.8. The largest absolute Gasteiger partial charge is 0.496 e. The van der Waals surface area contributed by atoms with Crippen LogP contribution in [0.4, 0.5) is 5.13 Å². The molecule has 0 atom stereocenters. The van der Waals surface area contributed by atoms with Crippen molar-refractivity contribution in [3.05, 3.63) is 39.3 Å². The Labute approximate surface area is 137 Å². The molecule has 0 amide bonds. The average Bonchev–Trinajstić information content (AvgIpc) is 2.75. The van der Waals surface area contributed by atoms with Gasteiger partial charge in [-0.15, -0.1) is 23.7 Å². The van der Waals surface area contributed by atoms with Crippen LogP contribution in [-0.2, 0) is 13.1 Å². The summed E-state index contributed by atoms with van der Waals surface area (Å²) in [6.07, 6.45) is 1.83. The molecule has 7 heteroatoms. The molecule has 20 heavy (non-hydrogen) atoms. The van der Waals surface area contributed by atoms with Gasteiger partial charge in [0.1, 0.15) is 5.75 Å². The summed E-state index contributed by atoms with van der Waals surface area (Å²) in [7, 11) is 3.76. The van der Waals surface area contributed by atoms with E-state index >= 15 is 0 Å². The number of anilines is 1. The lowest BCUT2D eigenvalue weighted by Gasteiger charge is -2.17. The van der Waals surface area contributed by atoms with Crippen molar-refractivity contribution in [3.8, 4) is 5.75 Å². The Balaban J connectivity index is 0.00000200. The number of methoxy groups -OCH3 is 1. The summed E-state index contributed by atoms with van der Waals surface area (Å²) < 4.78 is 6.43. The maximum absolute atomic E-state index is 5.64. The zero-order valence-corrected chi connectivity index (χ0v) is 14.5. The molecule has 2 rings (SSSR count). The summed E-state index contributed by atoms with van der Waals surface area (Å²) in [5.41, 5.74) is 6.78. The van der Waals surface area contributed by atoms with Crippen LogP contribution in [-0.4, -0.2) is 24.0 Å². The van der Waals surface area contributed by atoms with Crippen LogP contribution in [0.15, 0.2) is 28.9 Å². The Kier molecular flexibility index (Phi) is 6.75. The predicted molar refractivity (Wildman–Crippen MR) is 89.6 cm³/mol. The Morgan fingerprint density at radius 2 is 2.15 bits per heavy atom. The molecule has 0 spiro atoms. The number of thiazole rings is 1. The number of hydrogen-bond acceptors (Lipinski definition) is 5. The molecule has 0 bridgehead atoms. The van der Waals surface area contributed by atoms with E-state index in [2.05, 4.69) is 38.9 Å². The van der Waals surface area contributed by atoms with Gasteiger partial charge in [0.25, 0.3) is 0 Å². The summed E-state index contributed by atoms with van der Waals surface area (Å²) in [6.45, 7) is 1.63. The number of nitrogen functional groups attached to an aromatic ring is 1. The van der Waals surface area contributed by atoms with Crippen LogP contribution in [0.3, 0.4) is 0 Å². The summed E-state index contributed by atoms with van der Waals surface area (Å²) in [5, 5.41) is 0.614. The molecule has 1 heterocycles. The van der Waals surface area contributed by atoms with Gasteiger partial charge in [0.2, 0.25) is 0 Å². The minimum absolute atomic E-state index is 0. The standard InChI is InChI=1S/C13H16BrN3OS.ClH/c1-17(8-11-6-16-13(15)19-11)7-9-5-10(14)3-4-12(9)18-2;/h3-6H,7-8H2,1-2H3,(H2,15,16);1H. The fraction of sp³-hybridized carbons (Fsp3) is 0.308. The quantitative estimate of drug-likeness (QED) is 0.864. The number of ether oxygens (including phenoxy) is 1. The summed E-state index contributed by atoms with van der Waals surface area (Å²) >= 11 is 5.01. The molecule has 0 fully saturated rings. The van der Waals surface area contributed by atoms with E-state index in [9.17, 15) is 0 Å². The number of benzene rings is 1. The van der Waals surface area contributed by atoms with E-state index in [0.717, 1.165) is 33.8 Å². The van der Waals surface area contributed by atoms with Gasteiger partial charge in [0.15, 0.2) is 5.13 Å². The smallest absolute Gasteiger partial charge is 0.180 e. The van der Waals surface area contributed by atoms with Gasteiger partial charge in [-0.25, -0.2) is 4.98 Å². The summed E-state index contributed by atoms with van der Waals surface area (Å²) in [4.78, 5) is 7.43. The number of nitrogens with two attached hydrogens (primary N) is 1. The molecule has 1 aromatic carbocycles. The second-order valence-electron chi connectivity index (χ2n) is 4.29. The first kappa shape index (κ1) is 17.2. The van der Waals surface area contributed by atoms with E-state index in [1.165, 1.54) is 11.3 Å².